The summed E-state index contributed by atoms with van der Waals surface area (Å²) >= 11 is 6.13. The highest BCUT2D eigenvalue weighted by atomic mass is 35.5. The van der Waals surface area contributed by atoms with Crippen LogP contribution in [0.15, 0.2) is 52.9 Å². The SMILES string of the molecule is Cc1cccc(-c2nnc([C@H](C)[NH+]3CCN(c4cccc(Cl)c4)CC3)o2)c1. The van der Waals surface area contributed by atoms with Gasteiger partial charge in [0.25, 0.3) is 5.89 Å². The zero-order valence-corrected chi connectivity index (χ0v) is 16.4. The summed E-state index contributed by atoms with van der Waals surface area (Å²) in [6.45, 7) is 8.24. The smallest absolute Gasteiger partial charge is 0.274 e. The third-order valence-electron chi connectivity index (χ3n) is 5.27. The van der Waals surface area contributed by atoms with Crippen LogP contribution in [-0.4, -0.2) is 36.4 Å². The fraction of sp³-hybridized carbons (Fsp3) is 0.333. The zero-order valence-electron chi connectivity index (χ0n) is 15.7. The van der Waals surface area contributed by atoms with E-state index >= 15 is 0 Å². The minimum Gasteiger partial charge on any atom is -0.415 e. The van der Waals surface area contributed by atoms with Gasteiger partial charge < -0.3 is 14.2 Å². The highest BCUT2D eigenvalue weighted by Gasteiger charge is 2.29. The molecule has 1 saturated heterocycles. The molecule has 3 aromatic rings. The molecule has 0 saturated carbocycles. The Kier molecular flexibility index (Phi) is 5.14. The summed E-state index contributed by atoms with van der Waals surface area (Å²) in [6.07, 6.45) is 0. The Morgan fingerprint density at radius 1 is 1.07 bits per heavy atom. The first kappa shape index (κ1) is 18.0. The molecule has 1 atom stereocenters. The summed E-state index contributed by atoms with van der Waals surface area (Å²) in [5, 5.41) is 9.36. The predicted molar refractivity (Wildman–Crippen MR) is 107 cm³/mol. The van der Waals surface area contributed by atoms with Gasteiger partial charge in [0.2, 0.25) is 5.89 Å². The van der Waals surface area contributed by atoms with E-state index in [9.17, 15) is 0 Å². The first-order valence-electron chi connectivity index (χ1n) is 9.36. The average molecular weight is 384 g/mol. The number of benzene rings is 2. The Balaban J connectivity index is 1.42. The maximum Gasteiger partial charge on any atom is 0.274 e. The van der Waals surface area contributed by atoms with Crippen LogP contribution < -0.4 is 9.80 Å². The van der Waals surface area contributed by atoms with Crippen LogP contribution in [0.25, 0.3) is 11.5 Å². The van der Waals surface area contributed by atoms with Gasteiger partial charge in [-0.2, -0.15) is 0 Å². The molecule has 1 aliphatic rings. The van der Waals surface area contributed by atoms with Gasteiger partial charge in [0.1, 0.15) is 0 Å². The van der Waals surface area contributed by atoms with E-state index in [1.807, 2.05) is 30.3 Å². The molecular formula is C21H24ClN4O+. The van der Waals surface area contributed by atoms with Crippen molar-refractivity contribution in [1.29, 1.82) is 0 Å². The second kappa shape index (κ2) is 7.71. The molecule has 2 aromatic carbocycles. The van der Waals surface area contributed by atoms with Crippen molar-refractivity contribution in [3.63, 3.8) is 0 Å². The van der Waals surface area contributed by atoms with Gasteiger partial charge in [0.15, 0.2) is 6.04 Å². The molecule has 5 nitrogen and oxygen atoms in total. The van der Waals surface area contributed by atoms with E-state index < -0.39 is 0 Å². The Hall–Kier alpha value is -2.37. The number of anilines is 1. The van der Waals surface area contributed by atoms with E-state index in [0.717, 1.165) is 36.8 Å². The maximum atomic E-state index is 6.13. The molecule has 6 heteroatoms. The Morgan fingerprint density at radius 2 is 1.85 bits per heavy atom. The van der Waals surface area contributed by atoms with E-state index in [1.54, 1.807) is 0 Å². The highest BCUT2D eigenvalue weighted by molar-refractivity contribution is 6.30. The van der Waals surface area contributed by atoms with Crippen LogP contribution in [0.5, 0.6) is 0 Å². The largest absolute Gasteiger partial charge is 0.415 e. The first-order chi connectivity index (χ1) is 13.1. The van der Waals surface area contributed by atoms with Gasteiger partial charge in [-0.15, -0.1) is 10.2 Å². The molecule has 1 N–H and O–H groups in total. The number of rotatable bonds is 4. The number of aryl methyl sites for hydroxylation is 1. The molecule has 0 radical (unpaired) electrons. The van der Waals surface area contributed by atoms with Crippen molar-refractivity contribution in [3.05, 3.63) is 65.0 Å². The van der Waals surface area contributed by atoms with E-state index in [0.29, 0.717) is 11.8 Å². The molecule has 4 rings (SSSR count). The maximum absolute atomic E-state index is 6.13. The molecule has 0 bridgehead atoms. The number of quaternary nitrogens is 1. The van der Waals surface area contributed by atoms with Crippen LogP contribution in [0.4, 0.5) is 5.69 Å². The van der Waals surface area contributed by atoms with Gasteiger partial charge in [0.05, 0.1) is 26.2 Å². The van der Waals surface area contributed by atoms with E-state index in [1.165, 1.54) is 16.2 Å². The van der Waals surface area contributed by atoms with Gasteiger partial charge >= 0.3 is 0 Å². The van der Waals surface area contributed by atoms with Gasteiger partial charge in [-0.3, -0.25) is 0 Å². The highest BCUT2D eigenvalue weighted by Crippen LogP contribution is 2.22. The third-order valence-corrected chi connectivity index (χ3v) is 5.50. The molecule has 0 unspecified atom stereocenters. The van der Waals surface area contributed by atoms with Crippen molar-refractivity contribution in [1.82, 2.24) is 10.2 Å². The topological polar surface area (TPSA) is 46.6 Å². The summed E-state index contributed by atoms with van der Waals surface area (Å²) in [5.74, 6) is 1.30. The molecule has 0 spiro atoms. The lowest BCUT2D eigenvalue weighted by atomic mass is 10.1. The molecule has 0 aliphatic carbocycles. The molecule has 1 aromatic heterocycles. The lowest BCUT2D eigenvalue weighted by molar-refractivity contribution is -0.931. The number of nitrogens with one attached hydrogen (secondary N) is 1. The molecule has 1 aliphatic heterocycles. The lowest BCUT2D eigenvalue weighted by Gasteiger charge is -2.35. The minimum atomic E-state index is 0.178. The lowest BCUT2D eigenvalue weighted by Crippen LogP contribution is -3.14. The summed E-state index contributed by atoms with van der Waals surface area (Å²) in [6, 6.07) is 16.4. The van der Waals surface area contributed by atoms with Crippen molar-refractivity contribution in [2.45, 2.75) is 19.9 Å². The van der Waals surface area contributed by atoms with Gasteiger partial charge in [-0.25, -0.2) is 0 Å². The molecular weight excluding hydrogens is 360 g/mol. The Morgan fingerprint density at radius 3 is 2.59 bits per heavy atom. The van der Waals surface area contributed by atoms with Crippen LogP contribution in [0.3, 0.4) is 0 Å². The number of halogens is 1. The van der Waals surface area contributed by atoms with E-state index in [-0.39, 0.29) is 6.04 Å². The number of hydrogen-bond acceptors (Lipinski definition) is 4. The van der Waals surface area contributed by atoms with Crippen molar-refractivity contribution >= 4 is 17.3 Å². The number of nitrogens with zero attached hydrogens (tertiary/aromatic N) is 3. The number of piperazine rings is 1. The summed E-state index contributed by atoms with van der Waals surface area (Å²) in [4.78, 5) is 3.85. The van der Waals surface area contributed by atoms with Crippen LogP contribution >= 0.6 is 11.6 Å². The summed E-state index contributed by atoms with van der Waals surface area (Å²) in [5.41, 5.74) is 3.35. The Labute approximate surface area is 164 Å². The van der Waals surface area contributed by atoms with Crippen LogP contribution in [0, 0.1) is 6.92 Å². The first-order valence-corrected chi connectivity index (χ1v) is 9.73. The third kappa shape index (κ3) is 3.99. The fourth-order valence-corrected chi connectivity index (χ4v) is 3.82. The van der Waals surface area contributed by atoms with Crippen LogP contribution in [-0.2, 0) is 0 Å². The van der Waals surface area contributed by atoms with Crippen molar-refractivity contribution in [2.75, 3.05) is 31.1 Å². The van der Waals surface area contributed by atoms with Crippen LogP contribution in [0.1, 0.15) is 24.4 Å². The van der Waals surface area contributed by atoms with Crippen LogP contribution in [0.2, 0.25) is 5.02 Å². The minimum absolute atomic E-state index is 0.178. The monoisotopic (exact) mass is 383 g/mol. The standard InChI is InChI=1S/C21H23ClN4O/c1-15-5-3-6-17(13-15)21-24-23-20(27-21)16(2)25-9-11-26(12-10-25)19-8-4-7-18(22)14-19/h3-8,13-14,16H,9-12H2,1-2H3/p+1/t16-/m0/s1. The van der Waals surface area contributed by atoms with Crippen molar-refractivity contribution in [3.8, 4) is 11.5 Å². The average Bonchev–Trinajstić information content (AvgIpc) is 3.18. The molecule has 140 valence electrons. The van der Waals surface area contributed by atoms with E-state index in [2.05, 4.69) is 47.1 Å². The number of aromatic nitrogens is 2. The van der Waals surface area contributed by atoms with Gasteiger partial charge in [-0.1, -0.05) is 35.4 Å². The van der Waals surface area contributed by atoms with Crippen molar-refractivity contribution < 1.29 is 9.32 Å². The molecule has 0 amide bonds. The number of hydrogen-bond donors (Lipinski definition) is 1. The normalized spacial score (nSPS) is 16.5. The molecule has 1 fully saturated rings. The summed E-state index contributed by atoms with van der Waals surface area (Å²) in [7, 11) is 0. The van der Waals surface area contributed by atoms with E-state index in [4.69, 9.17) is 16.0 Å². The molecule has 2 heterocycles. The van der Waals surface area contributed by atoms with Gasteiger partial charge in [0, 0.05) is 16.3 Å². The fourth-order valence-electron chi connectivity index (χ4n) is 3.64. The zero-order chi connectivity index (χ0) is 18.8. The predicted octanol–water partition coefficient (Wildman–Crippen LogP) is 3.16. The summed E-state index contributed by atoms with van der Waals surface area (Å²) < 4.78 is 5.99. The second-order valence-electron chi connectivity index (χ2n) is 7.16. The second-order valence-corrected chi connectivity index (χ2v) is 7.60. The quantitative estimate of drug-likeness (QED) is 0.751. The Bertz CT molecular complexity index is 918. The molecule has 27 heavy (non-hydrogen) atoms. The van der Waals surface area contributed by atoms with Gasteiger partial charge in [-0.05, 0) is 44.2 Å². The van der Waals surface area contributed by atoms with Crippen molar-refractivity contribution in [2.24, 2.45) is 0 Å².